The first-order chi connectivity index (χ1) is 70.5. The maximum absolute atomic E-state index is 13.7. The number of hydrogen-bond donors (Lipinski definition) is 3. The van der Waals surface area contributed by atoms with Gasteiger partial charge in [-0.25, -0.2) is 37.9 Å². The van der Waals surface area contributed by atoms with Gasteiger partial charge in [-0.1, -0.05) is 138 Å². The number of nitrogens with one attached hydrogen (secondary N) is 3. The van der Waals surface area contributed by atoms with Gasteiger partial charge in [0.15, 0.2) is 0 Å². The molecule has 0 unspecified atom stereocenters. The molecule has 23 rings (SSSR count). The molecule has 23 heteroatoms. The van der Waals surface area contributed by atoms with Crippen LogP contribution in [0, 0.1) is 64.4 Å². The van der Waals surface area contributed by atoms with Crippen molar-refractivity contribution in [2.75, 3.05) is 19.0 Å². The third kappa shape index (κ3) is 21.5. The SMILES string of the molecule is CCNc1ccc(-c2cccnc2-c2cccc(C)c2)cc1C=N.COC(=O)c1cc(-c2cccnc2-c2ccc(F)c(C)c2)cc2cn[nH]c12.Cc1cc(-c2ncccc2-c2ccc3c(c2)ncn3C)ccc1F.Cc1cc(-c2ncccc2-c2ccc3ncn(C)c3c2)ccc1F.Cc1cccc(-c2ncccc2-c2ccc3c(c2)ncn3C)c1.Cc1cccc(-c2ncccc2-c2ccc3ncn(C)c3c2)c1. The molecule has 23 aromatic rings. The molecule has 0 aliphatic rings. The Kier molecular flexibility index (Phi) is 29.1. The Balaban J connectivity index is 0.000000114. The van der Waals surface area contributed by atoms with E-state index in [9.17, 15) is 18.0 Å². The second-order valence-corrected chi connectivity index (χ2v) is 35.5. The molecule has 145 heavy (non-hydrogen) atoms. The Hall–Kier alpha value is -18.4. The third-order valence-electron chi connectivity index (χ3n) is 25.3. The fourth-order valence-corrected chi connectivity index (χ4v) is 17.8. The highest BCUT2D eigenvalue weighted by atomic mass is 19.1. The van der Waals surface area contributed by atoms with Gasteiger partial charge in [0.25, 0.3) is 0 Å². The molecule has 0 saturated carbocycles. The third-order valence-corrected chi connectivity index (χ3v) is 25.3. The lowest BCUT2D eigenvalue weighted by molar-refractivity contribution is 0.0602. The summed E-state index contributed by atoms with van der Waals surface area (Å²) in [4.78, 5) is 57.3. The van der Waals surface area contributed by atoms with Gasteiger partial charge < -0.3 is 33.7 Å². The maximum atomic E-state index is 13.7. The minimum Gasteiger partial charge on any atom is -0.465 e. The van der Waals surface area contributed by atoms with Crippen molar-refractivity contribution in [3.05, 3.63) is 434 Å². The Morgan fingerprint density at radius 2 is 0.662 bits per heavy atom. The number of carbonyl (C=O) groups is 1. The predicted octanol–water partition coefficient (Wildman–Crippen LogP) is 28.4. The molecule has 3 N–H and O–H groups in total. The molecule has 11 heterocycles. The summed E-state index contributed by atoms with van der Waals surface area (Å²) in [6, 6.07) is 99.3. The topological polar surface area (TPSA) is 239 Å². The first-order valence-corrected chi connectivity index (χ1v) is 47.3. The quantitative estimate of drug-likeness (QED) is 0.0602. The predicted molar refractivity (Wildman–Crippen MR) is 579 cm³/mol. The molecular weight excluding hydrogens is 1810 g/mol. The number of pyridine rings is 6. The lowest BCUT2D eigenvalue weighted by Gasteiger charge is -2.13. The molecule has 0 saturated heterocycles. The van der Waals surface area contributed by atoms with Crippen LogP contribution in [0.2, 0.25) is 0 Å². The summed E-state index contributed by atoms with van der Waals surface area (Å²) in [6.07, 6.45) is 21.1. The second-order valence-electron chi connectivity index (χ2n) is 35.5. The number of aromatic nitrogens is 16. The molecule has 0 spiro atoms. The number of methoxy groups -OCH3 is 1. The summed E-state index contributed by atoms with van der Waals surface area (Å²) in [7, 11) is 9.33. The van der Waals surface area contributed by atoms with E-state index in [-0.39, 0.29) is 17.5 Å². The van der Waals surface area contributed by atoms with Gasteiger partial charge in [0.1, 0.15) is 17.5 Å². The summed E-state index contributed by atoms with van der Waals surface area (Å²) in [5.41, 5.74) is 40.6. The number of rotatable bonds is 16. The summed E-state index contributed by atoms with van der Waals surface area (Å²) in [5, 5.41) is 18.6. The van der Waals surface area contributed by atoms with E-state index < -0.39 is 5.97 Å². The molecule has 0 aliphatic carbocycles. The molecule has 0 amide bonds. The van der Waals surface area contributed by atoms with Crippen molar-refractivity contribution in [3.63, 3.8) is 0 Å². The molecule has 0 bridgehead atoms. The van der Waals surface area contributed by atoms with Crippen molar-refractivity contribution in [3.8, 4) is 134 Å². The van der Waals surface area contributed by atoms with Crippen LogP contribution < -0.4 is 5.32 Å². The van der Waals surface area contributed by atoms with Crippen LogP contribution in [0.15, 0.2) is 372 Å². The summed E-state index contributed by atoms with van der Waals surface area (Å²) in [6.45, 7) is 14.4. The second kappa shape index (κ2) is 43.6. The molecule has 714 valence electrons. The fraction of sp³-hybridized carbons (Fsp3) is 0.107. The number of ether oxygens (including phenoxy) is 1. The van der Waals surface area contributed by atoms with Crippen molar-refractivity contribution in [2.24, 2.45) is 28.2 Å². The van der Waals surface area contributed by atoms with Crippen molar-refractivity contribution in [1.29, 1.82) is 5.41 Å². The van der Waals surface area contributed by atoms with E-state index in [4.69, 9.17) is 10.1 Å². The number of anilines is 1. The first-order valence-electron chi connectivity index (χ1n) is 47.3. The van der Waals surface area contributed by atoms with Crippen LogP contribution in [0.4, 0.5) is 18.9 Å². The van der Waals surface area contributed by atoms with Crippen LogP contribution in [0.1, 0.15) is 56.2 Å². The first kappa shape index (κ1) is 96.9. The Labute approximate surface area is 838 Å². The van der Waals surface area contributed by atoms with Gasteiger partial charge in [-0.3, -0.25) is 35.0 Å². The lowest BCUT2D eigenvalue weighted by atomic mass is 9.96. The van der Waals surface area contributed by atoms with E-state index in [0.717, 1.165) is 196 Å². The fourth-order valence-electron chi connectivity index (χ4n) is 17.8. The van der Waals surface area contributed by atoms with Crippen LogP contribution in [0.3, 0.4) is 0 Å². The van der Waals surface area contributed by atoms with E-state index in [2.05, 4.69) is 251 Å². The van der Waals surface area contributed by atoms with E-state index in [0.29, 0.717) is 33.5 Å². The number of nitrogens with zero attached hydrogens (tertiary/aromatic N) is 15. The number of hydrogen-bond acceptors (Lipinski definition) is 15. The van der Waals surface area contributed by atoms with Crippen LogP contribution in [0.5, 0.6) is 0 Å². The monoisotopic (exact) mass is 1910 g/mol. The standard InChI is InChI=1S/C21H16FN3O2.C21H21N3.2C20H16FN3.2C20H17N3/c1-12-8-13(5-6-18(12)22)19-16(4-3-7-23-19)14-9-15-11-24-25-20(15)17(10-14)21(26)27-2;1-3-23-20-10-9-16(13-18(20)14-22)19-8-5-11-24-21(19)17-7-4-6-15(2)12-17;1-13-10-15(5-7-17(13)21)20-16(4-3-9-22-20)14-6-8-19-18(11-14)23-12-24(19)2;1-13-10-15(5-7-17(13)21)20-16(4-3-9-22-20)14-6-8-18-19(11-14)24(2)12-23-18;1-14-5-3-6-16(11-14)20-17(7-4-10-21-20)15-8-9-19-18(12-15)22-13-23(19)2;1-14-5-3-6-16(11-14)20-17(7-4-10-21-20)15-8-9-18-19(12-15)23(2)13-22-18/h3-11H,1-2H3,(H,24,25);4-14,22-23H,3H2,1-2H3;2*3-12H,1-2H3;2*3-13H,1-2H3. The Bertz CT molecular complexity index is 8730. The van der Waals surface area contributed by atoms with Gasteiger partial charge in [0.2, 0.25) is 0 Å². The van der Waals surface area contributed by atoms with E-state index in [1.54, 1.807) is 75.9 Å². The van der Waals surface area contributed by atoms with Crippen LogP contribution in [0.25, 0.3) is 189 Å². The van der Waals surface area contributed by atoms with Gasteiger partial charge in [0.05, 0.1) is 128 Å². The largest absolute Gasteiger partial charge is 0.465 e. The molecule has 0 fully saturated rings. The summed E-state index contributed by atoms with van der Waals surface area (Å²) in [5.74, 6) is -1.11. The number of esters is 1. The van der Waals surface area contributed by atoms with Gasteiger partial charge in [0, 0.05) is 162 Å². The number of H-pyrrole nitrogens is 1. The van der Waals surface area contributed by atoms with Crippen molar-refractivity contribution < 1.29 is 22.7 Å². The number of halogens is 3. The van der Waals surface area contributed by atoms with Gasteiger partial charge in [-0.15, -0.1) is 0 Å². The van der Waals surface area contributed by atoms with E-state index >= 15 is 0 Å². The average molecular weight is 1910 g/mol. The smallest absolute Gasteiger partial charge is 0.340 e. The molecule has 0 radical (unpaired) electrons. The summed E-state index contributed by atoms with van der Waals surface area (Å²) < 4.78 is 53.8. The minimum atomic E-state index is -0.450. The molecule has 0 aliphatic heterocycles. The van der Waals surface area contributed by atoms with Gasteiger partial charge in [-0.2, -0.15) is 5.10 Å². The Morgan fingerprint density at radius 1 is 0.338 bits per heavy atom. The van der Waals surface area contributed by atoms with Crippen LogP contribution >= 0.6 is 0 Å². The number of fused-ring (bicyclic) bond motifs is 5. The van der Waals surface area contributed by atoms with Gasteiger partial charge in [-0.05, 0) is 281 Å². The van der Waals surface area contributed by atoms with E-state index in [1.165, 1.54) is 48.2 Å². The number of imidazole rings is 4. The highest BCUT2D eigenvalue weighted by molar-refractivity contribution is 6.06. The zero-order valence-corrected chi connectivity index (χ0v) is 82.2. The number of carbonyl (C=O) groups excluding carboxylic acids is 1. The maximum Gasteiger partial charge on any atom is 0.340 e. The molecule has 11 aromatic heterocycles. The number of aromatic amines is 1. The zero-order valence-electron chi connectivity index (χ0n) is 82.2. The van der Waals surface area contributed by atoms with E-state index in [1.807, 2.05) is 187 Å². The van der Waals surface area contributed by atoms with Crippen LogP contribution in [-0.2, 0) is 32.9 Å². The van der Waals surface area contributed by atoms with Crippen molar-refractivity contribution >= 4 is 72.9 Å². The average Bonchev–Trinajstić information content (AvgIpc) is 1.76. The van der Waals surface area contributed by atoms with Crippen LogP contribution in [-0.4, -0.2) is 104 Å². The normalized spacial score (nSPS) is 10.9. The number of aryl methyl sites for hydroxylation is 10. The Morgan fingerprint density at radius 3 is 1.01 bits per heavy atom. The summed E-state index contributed by atoms with van der Waals surface area (Å²) >= 11 is 0. The number of benzene rings is 12. The molecule has 12 aromatic carbocycles. The highest BCUT2D eigenvalue weighted by Crippen LogP contribution is 2.41. The minimum absolute atomic E-state index is 0.201. The lowest BCUT2D eigenvalue weighted by Crippen LogP contribution is -2.03. The van der Waals surface area contributed by atoms with Crippen molar-refractivity contribution in [2.45, 2.75) is 48.5 Å². The van der Waals surface area contributed by atoms with Gasteiger partial charge >= 0.3 is 5.97 Å². The van der Waals surface area contributed by atoms with Crippen molar-refractivity contribution in [1.82, 2.24) is 78.3 Å². The molecular formula is C122H103F3N18O2. The zero-order chi connectivity index (χ0) is 101. The molecule has 0 atom stereocenters. The highest BCUT2D eigenvalue weighted by Gasteiger charge is 2.22. The molecule has 20 nitrogen and oxygen atoms in total.